The third-order valence-corrected chi connectivity index (χ3v) is 10.1. The zero-order valence-electron chi connectivity index (χ0n) is 26.4. The van der Waals surface area contributed by atoms with Gasteiger partial charge in [-0.05, 0) is 87.1 Å². The summed E-state index contributed by atoms with van der Waals surface area (Å²) < 4.78 is 12.4. The molecule has 3 N–H and O–H groups in total. The summed E-state index contributed by atoms with van der Waals surface area (Å²) in [5.74, 6) is -2.35. The van der Waals surface area contributed by atoms with E-state index in [1.807, 2.05) is 83.1 Å². The summed E-state index contributed by atoms with van der Waals surface area (Å²) in [5, 5.41) is 16.8. The molecule has 9 heteroatoms. The van der Waals surface area contributed by atoms with Crippen LogP contribution in [-0.4, -0.2) is 58.2 Å². The minimum Gasteiger partial charge on any atom is -0.494 e. The summed E-state index contributed by atoms with van der Waals surface area (Å²) in [6, 6.07) is 20.2. The molecule has 3 heterocycles. The molecule has 0 saturated carbocycles. The molecule has 3 saturated heterocycles. The highest BCUT2D eigenvalue weighted by Gasteiger charge is 2.80. The molecule has 3 amide bonds. The molecule has 3 aromatic carbocycles. The van der Waals surface area contributed by atoms with Gasteiger partial charge < -0.3 is 30.1 Å². The number of amides is 3. The van der Waals surface area contributed by atoms with E-state index in [1.165, 1.54) is 4.90 Å². The molecule has 236 valence electrons. The maximum atomic E-state index is 14.7. The number of nitrogens with zero attached hydrogens (tertiary/aromatic N) is 1. The quantitative estimate of drug-likeness (QED) is 0.313. The van der Waals surface area contributed by atoms with Gasteiger partial charge in [0.15, 0.2) is 0 Å². The van der Waals surface area contributed by atoms with Crippen LogP contribution in [0.4, 0.5) is 11.4 Å². The second-order valence-electron chi connectivity index (χ2n) is 12.8. The number of benzene rings is 3. The van der Waals surface area contributed by atoms with Gasteiger partial charge in [-0.2, -0.15) is 0 Å². The summed E-state index contributed by atoms with van der Waals surface area (Å²) in [6.45, 7) is 9.78. The van der Waals surface area contributed by atoms with Gasteiger partial charge in [-0.1, -0.05) is 49.4 Å². The van der Waals surface area contributed by atoms with Crippen molar-refractivity contribution < 1.29 is 29.0 Å². The first-order valence-corrected chi connectivity index (χ1v) is 15.6. The van der Waals surface area contributed by atoms with E-state index in [4.69, 9.17) is 9.47 Å². The number of carbonyl (C=O) groups is 3. The fourth-order valence-corrected chi connectivity index (χ4v) is 7.83. The molecule has 3 unspecified atom stereocenters. The molecule has 3 aliphatic rings. The van der Waals surface area contributed by atoms with Gasteiger partial charge in [-0.15, -0.1) is 0 Å². The zero-order valence-corrected chi connectivity index (χ0v) is 26.4. The molecule has 45 heavy (non-hydrogen) atoms. The number of ether oxygens (including phenoxy) is 2. The lowest BCUT2D eigenvalue weighted by Crippen LogP contribution is -2.54. The van der Waals surface area contributed by atoms with Crippen LogP contribution in [0.25, 0.3) is 0 Å². The van der Waals surface area contributed by atoms with Crippen LogP contribution in [0.1, 0.15) is 49.9 Å². The van der Waals surface area contributed by atoms with Gasteiger partial charge in [0.05, 0.1) is 36.7 Å². The molecular formula is C36H41N3O6. The van der Waals surface area contributed by atoms with E-state index in [-0.39, 0.29) is 17.7 Å². The molecule has 0 radical (unpaired) electrons. The van der Waals surface area contributed by atoms with Crippen molar-refractivity contribution in [2.24, 2.45) is 17.8 Å². The van der Waals surface area contributed by atoms with Gasteiger partial charge in [0.25, 0.3) is 0 Å². The minimum atomic E-state index is -1.27. The lowest BCUT2D eigenvalue weighted by Gasteiger charge is -2.37. The van der Waals surface area contributed by atoms with E-state index in [0.29, 0.717) is 35.7 Å². The highest BCUT2D eigenvalue weighted by atomic mass is 16.5. The number of likely N-dealkylation sites (tertiary alicyclic amines) is 1. The Morgan fingerprint density at radius 1 is 1.04 bits per heavy atom. The predicted octanol–water partition coefficient (Wildman–Crippen LogP) is 5.02. The van der Waals surface area contributed by atoms with Crippen molar-refractivity contribution in [2.45, 2.75) is 64.3 Å². The van der Waals surface area contributed by atoms with Gasteiger partial charge in [0.1, 0.15) is 17.4 Å². The average molecular weight is 612 g/mol. The minimum absolute atomic E-state index is 0.127. The van der Waals surface area contributed by atoms with Gasteiger partial charge in [0, 0.05) is 11.4 Å². The number of rotatable bonds is 9. The molecule has 9 nitrogen and oxygen atoms in total. The van der Waals surface area contributed by atoms with E-state index in [1.54, 1.807) is 24.3 Å². The van der Waals surface area contributed by atoms with Crippen molar-refractivity contribution in [1.82, 2.24) is 4.90 Å². The molecule has 1 spiro atoms. The van der Waals surface area contributed by atoms with Crippen LogP contribution in [0.3, 0.4) is 0 Å². The van der Waals surface area contributed by atoms with Crippen molar-refractivity contribution in [2.75, 3.05) is 23.8 Å². The van der Waals surface area contributed by atoms with E-state index < -0.39 is 47.6 Å². The lowest BCUT2D eigenvalue weighted by molar-refractivity contribution is -0.148. The number of fused-ring (bicyclic) bond motifs is 1. The molecule has 3 aliphatic heterocycles. The molecule has 6 rings (SSSR count). The number of aliphatic hydroxyl groups is 1. The first-order chi connectivity index (χ1) is 21.5. The molecule has 3 aromatic rings. The molecule has 0 aromatic heterocycles. The number of aliphatic hydroxyl groups excluding tert-OH is 1. The van der Waals surface area contributed by atoms with E-state index in [9.17, 15) is 19.5 Å². The Labute approximate surface area is 263 Å². The lowest BCUT2D eigenvalue weighted by atomic mass is 9.62. The van der Waals surface area contributed by atoms with Crippen LogP contribution in [0.15, 0.2) is 72.8 Å². The topological polar surface area (TPSA) is 117 Å². The Balaban J connectivity index is 1.42. The fraction of sp³-hybridized carbons (Fsp3) is 0.417. The number of aryl methyl sites for hydroxylation is 2. The van der Waals surface area contributed by atoms with E-state index >= 15 is 0 Å². The van der Waals surface area contributed by atoms with Gasteiger partial charge >= 0.3 is 0 Å². The highest BCUT2D eigenvalue weighted by molar-refractivity contribution is 6.05. The SMILES string of the molecule is CCOc1ccc(NC(=O)[C@H]2[C@H]3C(=O)N([C@H](CO)c4ccccc4)C(C(=O)Nc4cc(C)ccc4C)C34CC(C)[C@]2(C)O4)cc1. The van der Waals surface area contributed by atoms with Gasteiger partial charge in [-0.25, -0.2) is 0 Å². The van der Waals surface area contributed by atoms with Crippen molar-refractivity contribution in [1.29, 1.82) is 0 Å². The summed E-state index contributed by atoms with van der Waals surface area (Å²) in [4.78, 5) is 44.9. The van der Waals surface area contributed by atoms with Gasteiger partial charge in [0.2, 0.25) is 17.7 Å². The van der Waals surface area contributed by atoms with Gasteiger partial charge in [-0.3, -0.25) is 14.4 Å². The third-order valence-electron chi connectivity index (χ3n) is 10.1. The number of carbonyl (C=O) groups excluding carboxylic acids is 3. The monoisotopic (exact) mass is 611 g/mol. The maximum Gasteiger partial charge on any atom is 0.250 e. The van der Waals surface area contributed by atoms with Crippen LogP contribution < -0.4 is 15.4 Å². The number of anilines is 2. The number of hydrogen-bond acceptors (Lipinski definition) is 6. The summed E-state index contributed by atoms with van der Waals surface area (Å²) in [7, 11) is 0. The normalized spacial score (nSPS) is 28.9. The van der Waals surface area contributed by atoms with Crippen LogP contribution in [0, 0.1) is 31.6 Å². The molecular weight excluding hydrogens is 570 g/mol. The molecule has 7 atom stereocenters. The Hall–Kier alpha value is -4.21. The van der Waals surface area contributed by atoms with Crippen molar-refractivity contribution in [3.63, 3.8) is 0 Å². The Bertz CT molecular complexity index is 1610. The van der Waals surface area contributed by atoms with Crippen LogP contribution in [0.5, 0.6) is 5.75 Å². The fourth-order valence-electron chi connectivity index (χ4n) is 7.83. The van der Waals surface area contributed by atoms with Crippen molar-refractivity contribution in [3.05, 3.63) is 89.5 Å². The molecule has 3 fully saturated rings. The van der Waals surface area contributed by atoms with E-state index in [0.717, 1.165) is 11.1 Å². The molecule has 2 bridgehead atoms. The third kappa shape index (κ3) is 4.98. The Kier molecular flexibility index (Phi) is 7.95. The van der Waals surface area contributed by atoms with Crippen LogP contribution in [-0.2, 0) is 19.1 Å². The summed E-state index contributed by atoms with van der Waals surface area (Å²) in [6.07, 6.45) is 0.418. The first-order valence-electron chi connectivity index (χ1n) is 15.6. The van der Waals surface area contributed by atoms with Crippen LogP contribution >= 0.6 is 0 Å². The smallest absolute Gasteiger partial charge is 0.250 e. The first kappa shape index (κ1) is 30.8. The Morgan fingerprint density at radius 2 is 1.76 bits per heavy atom. The average Bonchev–Trinajstić information content (AvgIpc) is 3.53. The second-order valence-corrected chi connectivity index (χ2v) is 12.8. The van der Waals surface area contributed by atoms with Crippen molar-refractivity contribution in [3.8, 4) is 5.75 Å². The molecule has 0 aliphatic carbocycles. The summed E-state index contributed by atoms with van der Waals surface area (Å²) in [5.41, 5.74) is 1.51. The predicted molar refractivity (Wildman–Crippen MR) is 171 cm³/mol. The maximum absolute atomic E-state index is 14.7. The standard InChI is InChI=1S/C36H41N3O6/c1-6-44-26-16-14-25(15-17-26)37-32(41)29-30-34(43)39(28(20-40)24-10-8-7-9-11-24)31(36(30)19-23(4)35(29,5)45-36)33(42)38-27-18-21(2)12-13-22(27)3/h7-18,23,28-31,40H,6,19-20H2,1-5H3,(H,37,41)(H,38,42)/t23?,28-,29-,30+,31?,35+,36?/m1/s1. The Morgan fingerprint density at radius 3 is 2.42 bits per heavy atom. The van der Waals surface area contributed by atoms with Crippen LogP contribution in [0.2, 0.25) is 0 Å². The summed E-state index contributed by atoms with van der Waals surface area (Å²) >= 11 is 0. The zero-order chi connectivity index (χ0) is 32.1. The second kappa shape index (κ2) is 11.6. The number of hydrogen-bond donors (Lipinski definition) is 3. The largest absolute Gasteiger partial charge is 0.494 e. The van der Waals surface area contributed by atoms with Crippen molar-refractivity contribution >= 4 is 29.1 Å². The number of nitrogens with one attached hydrogen (secondary N) is 2. The highest BCUT2D eigenvalue weighted by Crippen LogP contribution is 2.66. The van der Waals surface area contributed by atoms with E-state index in [2.05, 4.69) is 10.6 Å².